The van der Waals surface area contributed by atoms with Gasteiger partial charge in [0, 0.05) is 12.6 Å². The molecule has 0 aromatic heterocycles. The maximum atomic E-state index is 14.2. The predicted molar refractivity (Wildman–Crippen MR) is 163 cm³/mol. The molecule has 41 heavy (non-hydrogen) atoms. The van der Waals surface area contributed by atoms with E-state index in [1.807, 2.05) is 57.2 Å². The lowest BCUT2D eigenvalue weighted by Gasteiger charge is -2.33. The summed E-state index contributed by atoms with van der Waals surface area (Å²) >= 11 is 0. The summed E-state index contributed by atoms with van der Waals surface area (Å²) in [6.07, 6.45) is 5.19. The van der Waals surface area contributed by atoms with Crippen LogP contribution in [0.2, 0.25) is 0 Å². The molecular weight excluding hydrogens is 534 g/mol. The quantitative estimate of drug-likeness (QED) is 0.337. The second-order valence-corrected chi connectivity index (χ2v) is 13.0. The van der Waals surface area contributed by atoms with Crippen molar-refractivity contribution in [3.05, 3.63) is 95.1 Å². The third kappa shape index (κ3) is 7.55. The Labute approximate surface area is 244 Å². The molecule has 1 fully saturated rings. The lowest BCUT2D eigenvalue weighted by Crippen LogP contribution is -2.53. The number of anilines is 1. The SMILES string of the molecule is Cc1cccc(CN(C(=O)CN(c2cc(C)ccc2C)S(=O)(=O)c2ccccc2)[C@H](C)C(=O)NC2CCCCC2)c1. The lowest BCUT2D eigenvalue weighted by molar-refractivity contribution is -0.139. The molecule has 0 heterocycles. The summed E-state index contributed by atoms with van der Waals surface area (Å²) in [7, 11) is -4.08. The van der Waals surface area contributed by atoms with Gasteiger partial charge in [-0.25, -0.2) is 8.42 Å². The minimum Gasteiger partial charge on any atom is -0.352 e. The summed E-state index contributed by atoms with van der Waals surface area (Å²) < 4.78 is 29.2. The van der Waals surface area contributed by atoms with E-state index in [9.17, 15) is 18.0 Å². The van der Waals surface area contributed by atoms with Gasteiger partial charge in [-0.2, -0.15) is 0 Å². The van der Waals surface area contributed by atoms with E-state index >= 15 is 0 Å². The molecule has 0 radical (unpaired) electrons. The van der Waals surface area contributed by atoms with Gasteiger partial charge in [0.2, 0.25) is 11.8 Å². The van der Waals surface area contributed by atoms with Crippen molar-refractivity contribution in [3.8, 4) is 0 Å². The fraction of sp³-hybridized carbons (Fsp3) is 0.394. The van der Waals surface area contributed by atoms with Crippen LogP contribution in [-0.2, 0) is 26.2 Å². The van der Waals surface area contributed by atoms with E-state index in [4.69, 9.17) is 0 Å². The van der Waals surface area contributed by atoms with Crippen LogP contribution >= 0.6 is 0 Å². The van der Waals surface area contributed by atoms with E-state index < -0.39 is 28.5 Å². The molecule has 8 heteroatoms. The molecule has 3 aromatic carbocycles. The maximum absolute atomic E-state index is 14.2. The van der Waals surface area contributed by atoms with Crippen LogP contribution in [0.4, 0.5) is 5.69 Å². The number of carbonyl (C=O) groups excluding carboxylic acids is 2. The highest BCUT2D eigenvalue weighted by atomic mass is 32.2. The molecular formula is C33H41N3O4S. The normalized spacial score (nSPS) is 14.7. The molecule has 1 atom stereocenters. The van der Waals surface area contributed by atoms with Crippen molar-refractivity contribution >= 4 is 27.5 Å². The number of rotatable bonds is 10. The van der Waals surface area contributed by atoms with Gasteiger partial charge in [0.05, 0.1) is 10.6 Å². The van der Waals surface area contributed by atoms with Crippen molar-refractivity contribution in [2.45, 2.75) is 83.3 Å². The van der Waals surface area contributed by atoms with Gasteiger partial charge in [-0.3, -0.25) is 13.9 Å². The second kappa shape index (κ2) is 13.3. The molecule has 0 aliphatic heterocycles. The molecule has 1 saturated carbocycles. The molecule has 7 nitrogen and oxygen atoms in total. The third-order valence-corrected chi connectivity index (χ3v) is 9.57. The minimum atomic E-state index is -4.08. The fourth-order valence-electron chi connectivity index (χ4n) is 5.38. The summed E-state index contributed by atoms with van der Waals surface area (Å²) in [4.78, 5) is 29.2. The Morgan fingerprint density at radius 3 is 2.24 bits per heavy atom. The third-order valence-electron chi connectivity index (χ3n) is 7.80. The zero-order chi connectivity index (χ0) is 29.6. The van der Waals surface area contributed by atoms with E-state index in [1.165, 1.54) is 27.8 Å². The number of hydrogen-bond acceptors (Lipinski definition) is 4. The Bertz CT molecular complexity index is 1470. The van der Waals surface area contributed by atoms with E-state index in [0.29, 0.717) is 5.69 Å². The van der Waals surface area contributed by atoms with E-state index in [-0.39, 0.29) is 23.4 Å². The van der Waals surface area contributed by atoms with Crippen LogP contribution in [0.15, 0.2) is 77.7 Å². The van der Waals surface area contributed by atoms with Gasteiger partial charge in [-0.1, -0.05) is 79.4 Å². The zero-order valence-corrected chi connectivity index (χ0v) is 25.3. The number of carbonyl (C=O) groups is 2. The number of nitrogens with zero attached hydrogens (tertiary/aromatic N) is 2. The van der Waals surface area contributed by atoms with Crippen LogP contribution < -0.4 is 9.62 Å². The van der Waals surface area contributed by atoms with Crippen LogP contribution in [0.1, 0.15) is 61.3 Å². The number of sulfonamides is 1. The van der Waals surface area contributed by atoms with Crippen molar-refractivity contribution in [2.24, 2.45) is 0 Å². The monoisotopic (exact) mass is 575 g/mol. The average molecular weight is 576 g/mol. The highest BCUT2D eigenvalue weighted by Crippen LogP contribution is 2.28. The average Bonchev–Trinajstić information content (AvgIpc) is 2.96. The van der Waals surface area contributed by atoms with Crippen molar-refractivity contribution in [1.82, 2.24) is 10.2 Å². The number of nitrogens with one attached hydrogen (secondary N) is 1. The fourth-order valence-corrected chi connectivity index (χ4v) is 6.87. The number of benzene rings is 3. The number of amides is 2. The first-order valence-corrected chi connectivity index (χ1v) is 15.8. The van der Waals surface area contributed by atoms with Crippen LogP contribution in [0.5, 0.6) is 0 Å². The Morgan fingerprint density at radius 2 is 1.56 bits per heavy atom. The van der Waals surface area contributed by atoms with E-state index in [1.54, 1.807) is 31.2 Å². The topological polar surface area (TPSA) is 86.8 Å². The Kier molecular flexibility index (Phi) is 9.86. The van der Waals surface area contributed by atoms with Crippen LogP contribution in [0.3, 0.4) is 0 Å². The van der Waals surface area contributed by atoms with Crippen LogP contribution in [0, 0.1) is 20.8 Å². The molecule has 1 aliphatic carbocycles. The van der Waals surface area contributed by atoms with Gasteiger partial charge in [-0.05, 0) is 75.4 Å². The van der Waals surface area contributed by atoms with E-state index in [2.05, 4.69) is 5.32 Å². The number of hydrogen-bond donors (Lipinski definition) is 1. The molecule has 1 N–H and O–H groups in total. The predicted octanol–water partition coefficient (Wildman–Crippen LogP) is 5.67. The second-order valence-electron chi connectivity index (χ2n) is 11.1. The molecule has 2 amide bonds. The highest BCUT2D eigenvalue weighted by molar-refractivity contribution is 7.92. The van der Waals surface area contributed by atoms with E-state index in [0.717, 1.165) is 47.9 Å². The van der Waals surface area contributed by atoms with Crippen molar-refractivity contribution in [3.63, 3.8) is 0 Å². The molecule has 3 aromatic rings. The zero-order valence-electron chi connectivity index (χ0n) is 24.5. The first-order valence-electron chi connectivity index (χ1n) is 14.4. The molecule has 218 valence electrons. The molecule has 0 unspecified atom stereocenters. The summed E-state index contributed by atoms with van der Waals surface area (Å²) in [5, 5.41) is 3.14. The van der Waals surface area contributed by atoms with Gasteiger partial charge in [0.15, 0.2) is 0 Å². The van der Waals surface area contributed by atoms with Crippen LogP contribution in [0.25, 0.3) is 0 Å². The lowest BCUT2D eigenvalue weighted by atomic mass is 9.95. The smallest absolute Gasteiger partial charge is 0.264 e. The van der Waals surface area contributed by atoms with Gasteiger partial charge in [0.1, 0.15) is 12.6 Å². The molecule has 4 rings (SSSR count). The van der Waals surface area contributed by atoms with Crippen LogP contribution in [-0.4, -0.2) is 43.8 Å². The standard InChI is InChI=1S/C33H41N3O4S/c1-24-12-11-13-28(20-24)22-35(27(4)33(38)34-29-14-7-5-8-15-29)32(37)23-36(31-21-25(2)18-19-26(31)3)41(39,40)30-16-9-6-10-17-30/h6,9-13,16-21,27,29H,5,7-8,14-15,22-23H2,1-4H3,(H,34,38)/t27-/m1/s1. The molecule has 1 aliphatic rings. The Hall–Kier alpha value is -3.65. The van der Waals surface area contributed by atoms with Gasteiger partial charge in [-0.15, -0.1) is 0 Å². The largest absolute Gasteiger partial charge is 0.352 e. The van der Waals surface area contributed by atoms with Crippen molar-refractivity contribution in [2.75, 3.05) is 10.8 Å². The van der Waals surface area contributed by atoms with Gasteiger partial charge in [0.25, 0.3) is 10.0 Å². The first-order chi connectivity index (χ1) is 19.6. The first kappa shape index (κ1) is 30.3. The summed E-state index contributed by atoms with van der Waals surface area (Å²) in [5.41, 5.74) is 3.97. The highest BCUT2D eigenvalue weighted by Gasteiger charge is 2.33. The molecule has 0 spiro atoms. The Morgan fingerprint density at radius 1 is 0.878 bits per heavy atom. The van der Waals surface area contributed by atoms with Gasteiger partial charge < -0.3 is 10.2 Å². The molecule has 0 saturated heterocycles. The summed E-state index contributed by atoms with van der Waals surface area (Å²) in [6, 6.07) is 20.8. The summed E-state index contributed by atoms with van der Waals surface area (Å²) in [6.45, 7) is 7.17. The van der Waals surface area contributed by atoms with Crippen molar-refractivity contribution in [1.29, 1.82) is 0 Å². The summed E-state index contributed by atoms with van der Waals surface area (Å²) in [5.74, 6) is -0.666. The maximum Gasteiger partial charge on any atom is 0.264 e. The van der Waals surface area contributed by atoms with Crippen molar-refractivity contribution < 1.29 is 18.0 Å². The molecule has 0 bridgehead atoms. The number of aryl methyl sites for hydroxylation is 3. The van der Waals surface area contributed by atoms with Gasteiger partial charge >= 0.3 is 0 Å². The minimum absolute atomic E-state index is 0.0968. The Balaban J connectivity index is 1.70.